The highest BCUT2D eigenvalue weighted by Gasteiger charge is 2.40. The minimum atomic E-state index is -0.544. The van der Waals surface area contributed by atoms with Crippen LogP contribution in [0.3, 0.4) is 0 Å². The van der Waals surface area contributed by atoms with Gasteiger partial charge in [-0.05, 0) is 37.9 Å². The average molecular weight is 289 g/mol. The predicted molar refractivity (Wildman–Crippen MR) is 77.7 cm³/mol. The van der Waals surface area contributed by atoms with Crippen LogP contribution in [0, 0.1) is 0 Å². The van der Waals surface area contributed by atoms with Gasteiger partial charge in [0.25, 0.3) is 0 Å². The van der Waals surface area contributed by atoms with Crippen molar-refractivity contribution in [3.05, 3.63) is 0 Å². The van der Waals surface area contributed by atoms with Crippen LogP contribution in [0.1, 0.15) is 32.1 Å². The lowest BCUT2D eigenvalue weighted by atomic mass is 9.89. The van der Waals surface area contributed by atoms with Crippen LogP contribution in [0.5, 0.6) is 0 Å². The SMILES string of the molecule is O=S1CCC(NC2CCOC3(CCSC3)C2)CC1. The Labute approximate surface area is 116 Å². The topological polar surface area (TPSA) is 38.3 Å². The van der Waals surface area contributed by atoms with Crippen LogP contribution < -0.4 is 5.32 Å². The summed E-state index contributed by atoms with van der Waals surface area (Å²) in [5.74, 6) is 4.22. The second kappa shape index (κ2) is 5.81. The van der Waals surface area contributed by atoms with E-state index in [4.69, 9.17) is 4.74 Å². The van der Waals surface area contributed by atoms with E-state index in [2.05, 4.69) is 5.32 Å². The number of nitrogens with one attached hydrogen (secondary N) is 1. The molecule has 3 nitrogen and oxygen atoms in total. The molecule has 0 aromatic rings. The molecule has 104 valence electrons. The van der Waals surface area contributed by atoms with Gasteiger partial charge in [-0.2, -0.15) is 11.8 Å². The lowest BCUT2D eigenvalue weighted by Crippen LogP contribution is -2.51. The second-order valence-electron chi connectivity index (χ2n) is 5.81. The Morgan fingerprint density at radius 3 is 2.78 bits per heavy atom. The van der Waals surface area contributed by atoms with Crippen LogP contribution in [-0.2, 0) is 15.5 Å². The summed E-state index contributed by atoms with van der Waals surface area (Å²) in [5, 5.41) is 3.81. The predicted octanol–water partition coefficient (Wildman–Crippen LogP) is 1.54. The molecule has 18 heavy (non-hydrogen) atoms. The molecule has 3 aliphatic rings. The van der Waals surface area contributed by atoms with Crippen molar-refractivity contribution in [2.75, 3.05) is 29.6 Å². The Kier molecular flexibility index (Phi) is 4.33. The van der Waals surface area contributed by atoms with E-state index in [1.54, 1.807) is 0 Å². The van der Waals surface area contributed by atoms with Gasteiger partial charge in [0.05, 0.1) is 5.60 Å². The van der Waals surface area contributed by atoms with Crippen molar-refractivity contribution >= 4 is 22.6 Å². The Hall–Kier alpha value is 0.420. The molecule has 0 aromatic heterocycles. The lowest BCUT2D eigenvalue weighted by molar-refractivity contribution is -0.0714. The normalized spacial score (nSPS) is 45.4. The van der Waals surface area contributed by atoms with E-state index < -0.39 is 10.8 Å². The van der Waals surface area contributed by atoms with Crippen molar-refractivity contribution in [1.29, 1.82) is 0 Å². The fraction of sp³-hybridized carbons (Fsp3) is 1.00. The Morgan fingerprint density at radius 2 is 2.06 bits per heavy atom. The van der Waals surface area contributed by atoms with Crippen molar-refractivity contribution in [3.63, 3.8) is 0 Å². The molecule has 0 amide bonds. The van der Waals surface area contributed by atoms with Crippen LogP contribution in [0.2, 0.25) is 0 Å². The summed E-state index contributed by atoms with van der Waals surface area (Å²) in [7, 11) is -0.544. The number of hydrogen-bond acceptors (Lipinski definition) is 4. The molecule has 1 spiro atoms. The maximum Gasteiger partial charge on any atom is 0.0795 e. The lowest BCUT2D eigenvalue weighted by Gasteiger charge is -2.40. The quantitative estimate of drug-likeness (QED) is 0.837. The minimum Gasteiger partial charge on any atom is -0.374 e. The smallest absolute Gasteiger partial charge is 0.0795 e. The van der Waals surface area contributed by atoms with Crippen LogP contribution >= 0.6 is 11.8 Å². The molecule has 3 aliphatic heterocycles. The summed E-state index contributed by atoms with van der Waals surface area (Å²) in [6.07, 6.45) is 5.73. The monoisotopic (exact) mass is 289 g/mol. The Bertz CT molecular complexity index is 308. The number of rotatable bonds is 2. The summed E-state index contributed by atoms with van der Waals surface area (Å²) in [5.41, 5.74) is 0.179. The maximum absolute atomic E-state index is 11.4. The molecule has 0 bridgehead atoms. The fourth-order valence-electron chi connectivity index (χ4n) is 3.33. The summed E-state index contributed by atoms with van der Waals surface area (Å²) >= 11 is 2.03. The van der Waals surface area contributed by atoms with Gasteiger partial charge in [0.2, 0.25) is 0 Å². The molecular weight excluding hydrogens is 266 g/mol. The standard InChI is InChI=1S/C13H23NO2S2/c15-18-7-2-11(3-8-18)14-12-1-5-16-13(9-12)4-6-17-10-13/h11-12,14H,1-10H2. The summed E-state index contributed by atoms with van der Waals surface area (Å²) in [4.78, 5) is 0. The van der Waals surface area contributed by atoms with E-state index in [1.807, 2.05) is 11.8 Å². The molecule has 0 saturated carbocycles. The zero-order valence-electron chi connectivity index (χ0n) is 10.9. The third-order valence-corrected chi connectivity index (χ3v) is 7.02. The summed E-state index contributed by atoms with van der Waals surface area (Å²) < 4.78 is 17.4. The largest absolute Gasteiger partial charge is 0.374 e. The van der Waals surface area contributed by atoms with Crippen molar-refractivity contribution < 1.29 is 8.95 Å². The van der Waals surface area contributed by atoms with E-state index >= 15 is 0 Å². The zero-order valence-corrected chi connectivity index (χ0v) is 12.5. The van der Waals surface area contributed by atoms with Crippen LogP contribution in [0.15, 0.2) is 0 Å². The first-order chi connectivity index (χ1) is 8.76. The first-order valence-electron chi connectivity index (χ1n) is 7.09. The van der Waals surface area contributed by atoms with Crippen molar-refractivity contribution in [2.45, 2.75) is 49.8 Å². The van der Waals surface area contributed by atoms with E-state index in [0.717, 1.165) is 37.4 Å². The van der Waals surface area contributed by atoms with Crippen molar-refractivity contribution in [2.24, 2.45) is 0 Å². The summed E-state index contributed by atoms with van der Waals surface area (Å²) in [6, 6.07) is 1.21. The molecule has 0 aliphatic carbocycles. The van der Waals surface area contributed by atoms with E-state index in [1.165, 1.54) is 24.3 Å². The van der Waals surface area contributed by atoms with Crippen molar-refractivity contribution in [3.8, 4) is 0 Å². The molecule has 3 rings (SSSR count). The fourth-order valence-corrected chi connectivity index (χ4v) is 6.00. The number of thioether (sulfide) groups is 1. The first kappa shape index (κ1) is 13.4. The molecule has 5 heteroatoms. The Morgan fingerprint density at radius 1 is 1.22 bits per heavy atom. The average Bonchev–Trinajstić information content (AvgIpc) is 2.80. The van der Waals surface area contributed by atoms with E-state index in [9.17, 15) is 4.21 Å². The van der Waals surface area contributed by atoms with E-state index in [-0.39, 0.29) is 5.60 Å². The third-order valence-electron chi connectivity index (χ3n) is 4.42. The third kappa shape index (κ3) is 3.11. The molecule has 3 heterocycles. The van der Waals surface area contributed by atoms with Gasteiger partial charge >= 0.3 is 0 Å². The molecule has 0 aromatic carbocycles. The van der Waals surface area contributed by atoms with Gasteiger partial charge in [-0.3, -0.25) is 4.21 Å². The second-order valence-corrected chi connectivity index (χ2v) is 8.61. The van der Waals surface area contributed by atoms with Crippen LogP contribution in [0.4, 0.5) is 0 Å². The molecular formula is C13H23NO2S2. The van der Waals surface area contributed by atoms with Gasteiger partial charge in [0.15, 0.2) is 0 Å². The zero-order chi connectivity index (χ0) is 12.4. The highest BCUT2D eigenvalue weighted by Crippen LogP contribution is 2.38. The molecule has 0 radical (unpaired) electrons. The first-order valence-corrected chi connectivity index (χ1v) is 9.73. The van der Waals surface area contributed by atoms with Gasteiger partial charge in [0.1, 0.15) is 0 Å². The molecule has 2 atom stereocenters. The van der Waals surface area contributed by atoms with E-state index in [0.29, 0.717) is 12.1 Å². The van der Waals surface area contributed by atoms with Gasteiger partial charge in [-0.25, -0.2) is 0 Å². The highest BCUT2D eigenvalue weighted by atomic mass is 32.2. The molecule has 3 fully saturated rings. The molecule has 1 N–H and O–H groups in total. The van der Waals surface area contributed by atoms with Gasteiger partial charge in [0, 0.05) is 46.7 Å². The van der Waals surface area contributed by atoms with Crippen LogP contribution in [-0.4, -0.2) is 51.5 Å². The van der Waals surface area contributed by atoms with Gasteiger partial charge in [-0.15, -0.1) is 0 Å². The van der Waals surface area contributed by atoms with Crippen LogP contribution in [0.25, 0.3) is 0 Å². The summed E-state index contributed by atoms with van der Waals surface area (Å²) in [6.45, 7) is 0.914. The van der Waals surface area contributed by atoms with Gasteiger partial charge < -0.3 is 10.1 Å². The molecule has 2 unspecified atom stereocenters. The van der Waals surface area contributed by atoms with Crippen molar-refractivity contribution in [1.82, 2.24) is 5.32 Å². The minimum absolute atomic E-state index is 0.179. The number of hydrogen-bond donors (Lipinski definition) is 1. The maximum atomic E-state index is 11.4. The molecule has 3 saturated heterocycles. The Balaban J connectivity index is 1.51. The van der Waals surface area contributed by atoms with Gasteiger partial charge in [-0.1, -0.05) is 0 Å². The number of ether oxygens (including phenoxy) is 1. The highest BCUT2D eigenvalue weighted by molar-refractivity contribution is 7.99.